The lowest BCUT2D eigenvalue weighted by Gasteiger charge is -2.19. The molecule has 27 heavy (non-hydrogen) atoms. The first-order valence-electron chi connectivity index (χ1n) is 8.21. The Morgan fingerprint density at radius 3 is 2.48 bits per heavy atom. The molecule has 0 aliphatic heterocycles. The predicted octanol–water partition coefficient (Wildman–Crippen LogP) is 4.41. The smallest absolute Gasteiger partial charge is 0.407 e. The van der Waals surface area contributed by atoms with Gasteiger partial charge < -0.3 is 15.4 Å². The average molecular weight is 430 g/mol. The molecule has 0 aliphatic rings. The maximum atomic E-state index is 11.6. The molecular formula is C17H21Cl2N5O2S. The van der Waals surface area contributed by atoms with Gasteiger partial charge in [0.15, 0.2) is 5.16 Å². The molecule has 2 rings (SSSR count). The summed E-state index contributed by atoms with van der Waals surface area (Å²) >= 11 is 13.3. The number of anilines is 1. The average Bonchev–Trinajstić information content (AvgIpc) is 2.56. The minimum Gasteiger partial charge on any atom is -0.444 e. The first kappa shape index (κ1) is 21.5. The molecule has 0 fully saturated rings. The fourth-order valence-electron chi connectivity index (χ4n) is 1.86. The van der Waals surface area contributed by atoms with Gasteiger partial charge in [-0.15, -0.1) is 0 Å². The van der Waals surface area contributed by atoms with Crippen molar-refractivity contribution in [3.05, 3.63) is 40.1 Å². The SMILES string of the molecule is CC(C)(C)OC(=O)NCCNc1nc(Cl)nc(SCc2ccc(Cl)cc2)n1. The van der Waals surface area contributed by atoms with Crippen molar-refractivity contribution in [2.75, 3.05) is 18.4 Å². The molecular weight excluding hydrogens is 409 g/mol. The maximum absolute atomic E-state index is 11.6. The largest absolute Gasteiger partial charge is 0.444 e. The van der Waals surface area contributed by atoms with Crippen LogP contribution in [0.25, 0.3) is 0 Å². The van der Waals surface area contributed by atoms with Crippen molar-refractivity contribution in [1.82, 2.24) is 20.3 Å². The second kappa shape index (κ2) is 9.96. The first-order valence-corrected chi connectivity index (χ1v) is 9.95. The summed E-state index contributed by atoms with van der Waals surface area (Å²) in [6, 6.07) is 7.56. The van der Waals surface area contributed by atoms with E-state index in [1.807, 2.05) is 24.3 Å². The summed E-state index contributed by atoms with van der Waals surface area (Å²) in [4.78, 5) is 24.0. The van der Waals surface area contributed by atoms with E-state index in [9.17, 15) is 4.79 Å². The van der Waals surface area contributed by atoms with Gasteiger partial charge in [-0.05, 0) is 50.1 Å². The highest BCUT2D eigenvalue weighted by molar-refractivity contribution is 7.98. The lowest BCUT2D eigenvalue weighted by Crippen LogP contribution is -2.35. The molecule has 0 atom stereocenters. The lowest BCUT2D eigenvalue weighted by atomic mass is 10.2. The highest BCUT2D eigenvalue weighted by atomic mass is 35.5. The number of carbonyl (C=O) groups is 1. The summed E-state index contributed by atoms with van der Waals surface area (Å²) in [6.07, 6.45) is -0.475. The minimum absolute atomic E-state index is 0.103. The van der Waals surface area contributed by atoms with Crippen LogP contribution in [0.5, 0.6) is 0 Å². The van der Waals surface area contributed by atoms with Crippen molar-refractivity contribution in [1.29, 1.82) is 0 Å². The number of amides is 1. The van der Waals surface area contributed by atoms with Gasteiger partial charge in [0.05, 0.1) is 0 Å². The van der Waals surface area contributed by atoms with Gasteiger partial charge in [-0.1, -0.05) is 35.5 Å². The normalized spacial score (nSPS) is 11.1. The van der Waals surface area contributed by atoms with Crippen LogP contribution >= 0.6 is 35.0 Å². The molecule has 0 unspecified atom stereocenters. The standard InChI is InChI=1S/C17H21Cl2N5O2S/c1-17(2,3)26-16(25)21-9-8-20-14-22-13(19)23-15(24-14)27-10-11-4-6-12(18)7-5-11/h4-7H,8-10H2,1-3H3,(H,21,25)(H,20,22,23,24). The van der Waals surface area contributed by atoms with Crippen molar-refractivity contribution in [3.8, 4) is 0 Å². The Balaban J connectivity index is 1.82. The zero-order chi connectivity index (χ0) is 19.9. The van der Waals surface area contributed by atoms with E-state index in [2.05, 4.69) is 25.6 Å². The Labute approximate surface area is 172 Å². The van der Waals surface area contributed by atoms with Gasteiger partial charge in [-0.25, -0.2) is 4.79 Å². The number of aromatic nitrogens is 3. The molecule has 1 aromatic carbocycles. The summed E-state index contributed by atoms with van der Waals surface area (Å²) < 4.78 is 5.16. The molecule has 2 aromatic rings. The summed E-state index contributed by atoms with van der Waals surface area (Å²) in [5.74, 6) is 1.02. The van der Waals surface area contributed by atoms with E-state index in [1.165, 1.54) is 11.8 Å². The topological polar surface area (TPSA) is 89.0 Å². The van der Waals surface area contributed by atoms with E-state index in [1.54, 1.807) is 20.8 Å². The van der Waals surface area contributed by atoms with Crippen molar-refractivity contribution in [2.24, 2.45) is 0 Å². The molecule has 7 nitrogen and oxygen atoms in total. The lowest BCUT2D eigenvalue weighted by molar-refractivity contribution is 0.0530. The molecule has 1 aromatic heterocycles. The highest BCUT2D eigenvalue weighted by Crippen LogP contribution is 2.22. The number of halogens is 2. The van der Waals surface area contributed by atoms with Crippen LogP contribution in [0.3, 0.4) is 0 Å². The van der Waals surface area contributed by atoms with Crippen LogP contribution in [0, 0.1) is 0 Å². The number of benzene rings is 1. The molecule has 0 radical (unpaired) electrons. The Morgan fingerprint density at radius 1 is 1.11 bits per heavy atom. The third-order valence-electron chi connectivity index (χ3n) is 2.95. The molecule has 1 amide bonds. The molecule has 10 heteroatoms. The van der Waals surface area contributed by atoms with E-state index in [-0.39, 0.29) is 5.28 Å². The van der Waals surface area contributed by atoms with Gasteiger partial charge in [-0.3, -0.25) is 0 Å². The molecule has 0 bridgehead atoms. The Bertz CT molecular complexity index is 769. The third kappa shape index (κ3) is 8.64. The number of rotatable bonds is 7. The van der Waals surface area contributed by atoms with Crippen LogP contribution < -0.4 is 10.6 Å². The number of ether oxygens (including phenoxy) is 1. The number of hydrogen-bond acceptors (Lipinski definition) is 7. The monoisotopic (exact) mass is 429 g/mol. The number of thioether (sulfide) groups is 1. The molecule has 0 spiro atoms. The number of nitrogens with one attached hydrogen (secondary N) is 2. The van der Waals surface area contributed by atoms with Crippen molar-refractivity contribution < 1.29 is 9.53 Å². The Kier molecular flexibility index (Phi) is 7.94. The summed E-state index contributed by atoms with van der Waals surface area (Å²) in [6.45, 7) is 6.19. The van der Waals surface area contributed by atoms with Gasteiger partial charge >= 0.3 is 6.09 Å². The van der Waals surface area contributed by atoms with Crippen LogP contribution in [-0.2, 0) is 10.5 Å². The fraction of sp³-hybridized carbons (Fsp3) is 0.412. The second-order valence-electron chi connectivity index (χ2n) is 6.48. The van der Waals surface area contributed by atoms with Gasteiger partial charge in [0.1, 0.15) is 5.60 Å². The molecule has 2 N–H and O–H groups in total. The maximum Gasteiger partial charge on any atom is 0.407 e. The van der Waals surface area contributed by atoms with Gasteiger partial charge in [0.2, 0.25) is 11.2 Å². The molecule has 0 saturated carbocycles. The highest BCUT2D eigenvalue weighted by Gasteiger charge is 2.15. The summed E-state index contributed by atoms with van der Waals surface area (Å²) in [5.41, 5.74) is 0.562. The van der Waals surface area contributed by atoms with Gasteiger partial charge in [-0.2, -0.15) is 15.0 Å². The third-order valence-corrected chi connectivity index (χ3v) is 4.28. The van der Waals surface area contributed by atoms with Crippen LogP contribution in [0.2, 0.25) is 10.3 Å². The van der Waals surface area contributed by atoms with Gasteiger partial charge in [0, 0.05) is 23.9 Å². The van der Waals surface area contributed by atoms with Crippen LogP contribution in [-0.4, -0.2) is 39.7 Å². The Hall–Kier alpha value is -1.77. The van der Waals surface area contributed by atoms with Crippen LogP contribution in [0.15, 0.2) is 29.4 Å². The number of carbonyl (C=O) groups excluding carboxylic acids is 1. The molecule has 1 heterocycles. The summed E-state index contributed by atoms with van der Waals surface area (Å²) in [7, 11) is 0. The summed E-state index contributed by atoms with van der Waals surface area (Å²) in [5, 5.41) is 6.95. The fourth-order valence-corrected chi connectivity index (χ4v) is 2.98. The molecule has 0 aliphatic carbocycles. The second-order valence-corrected chi connectivity index (χ2v) is 8.20. The molecule has 146 valence electrons. The predicted molar refractivity (Wildman–Crippen MR) is 109 cm³/mol. The zero-order valence-electron chi connectivity index (χ0n) is 15.3. The van der Waals surface area contributed by atoms with E-state index in [0.29, 0.717) is 35.0 Å². The van der Waals surface area contributed by atoms with E-state index >= 15 is 0 Å². The minimum atomic E-state index is -0.532. The van der Waals surface area contributed by atoms with E-state index < -0.39 is 11.7 Å². The number of alkyl carbamates (subject to hydrolysis) is 1. The van der Waals surface area contributed by atoms with Crippen molar-refractivity contribution in [2.45, 2.75) is 37.3 Å². The van der Waals surface area contributed by atoms with Crippen molar-refractivity contribution >= 4 is 47.0 Å². The first-order chi connectivity index (χ1) is 12.7. The zero-order valence-corrected chi connectivity index (χ0v) is 17.6. The molecule has 0 saturated heterocycles. The van der Waals surface area contributed by atoms with Gasteiger partial charge in [0.25, 0.3) is 0 Å². The quantitative estimate of drug-likeness (QED) is 0.497. The van der Waals surface area contributed by atoms with Crippen LogP contribution in [0.1, 0.15) is 26.3 Å². The van der Waals surface area contributed by atoms with E-state index in [0.717, 1.165) is 5.56 Å². The van der Waals surface area contributed by atoms with Crippen molar-refractivity contribution in [3.63, 3.8) is 0 Å². The van der Waals surface area contributed by atoms with Crippen LogP contribution in [0.4, 0.5) is 10.7 Å². The Morgan fingerprint density at radius 2 is 1.81 bits per heavy atom. The van der Waals surface area contributed by atoms with E-state index in [4.69, 9.17) is 27.9 Å². The number of hydrogen-bond donors (Lipinski definition) is 2. The number of nitrogens with zero attached hydrogens (tertiary/aromatic N) is 3.